The highest BCUT2D eigenvalue weighted by Crippen LogP contribution is 2.24. The minimum atomic E-state index is -1.15. The molecule has 0 aliphatic heterocycles. The Hall–Kier alpha value is -4.46. The van der Waals surface area contributed by atoms with E-state index in [9.17, 15) is 19.1 Å². The van der Waals surface area contributed by atoms with Gasteiger partial charge in [-0.15, -0.1) is 0 Å². The van der Waals surface area contributed by atoms with Gasteiger partial charge in [-0.3, -0.25) is 4.79 Å². The molecule has 2 aromatic heterocycles. The van der Waals surface area contributed by atoms with Gasteiger partial charge >= 0.3 is 5.97 Å². The Morgan fingerprint density at radius 1 is 1.00 bits per heavy atom. The Balaban J connectivity index is 1.40. The van der Waals surface area contributed by atoms with Gasteiger partial charge < -0.3 is 20.2 Å². The number of rotatable bonds is 9. The molecule has 0 saturated carbocycles. The van der Waals surface area contributed by atoms with Gasteiger partial charge in [0.05, 0.1) is 6.26 Å². The average molecular weight is 502 g/mol. The molecule has 7 nitrogen and oxygen atoms in total. The third-order valence-corrected chi connectivity index (χ3v) is 6.05. The number of anilines is 1. The Bertz CT molecular complexity index is 1410. The van der Waals surface area contributed by atoms with E-state index in [4.69, 9.17) is 4.42 Å². The van der Waals surface area contributed by atoms with Crippen LogP contribution in [0.1, 0.15) is 38.2 Å². The van der Waals surface area contributed by atoms with Crippen molar-refractivity contribution in [2.24, 2.45) is 0 Å². The third-order valence-electron chi connectivity index (χ3n) is 6.05. The SMILES string of the molecule is Cc1ccnc(NCc2coc(-c3ccc(C[C@H](NC(=O)c4c(C)cc(F)cc4C)C(=O)O)cc3)c2)c1. The maximum atomic E-state index is 13.6. The molecule has 3 N–H and O–H groups in total. The van der Waals surface area contributed by atoms with E-state index < -0.39 is 23.7 Å². The zero-order valence-electron chi connectivity index (χ0n) is 20.8. The summed E-state index contributed by atoms with van der Waals surface area (Å²) in [6, 6.07) is 14.5. The molecule has 37 heavy (non-hydrogen) atoms. The Kier molecular flexibility index (Phi) is 7.67. The molecule has 0 aliphatic carbocycles. The highest BCUT2D eigenvalue weighted by molar-refractivity contribution is 5.99. The molecule has 0 fully saturated rings. The first kappa shape index (κ1) is 25.6. The average Bonchev–Trinajstić information content (AvgIpc) is 3.31. The van der Waals surface area contributed by atoms with Crippen molar-refractivity contribution in [2.45, 2.75) is 39.8 Å². The summed E-state index contributed by atoms with van der Waals surface area (Å²) in [5, 5.41) is 15.5. The van der Waals surface area contributed by atoms with Gasteiger partial charge in [-0.1, -0.05) is 24.3 Å². The topological polar surface area (TPSA) is 104 Å². The van der Waals surface area contributed by atoms with Crippen LogP contribution in [-0.4, -0.2) is 28.0 Å². The van der Waals surface area contributed by atoms with Gasteiger partial charge in [-0.25, -0.2) is 14.2 Å². The summed E-state index contributed by atoms with van der Waals surface area (Å²) >= 11 is 0. The van der Waals surface area contributed by atoms with E-state index in [0.29, 0.717) is 23.4 Å². The number of carbonyl (C=O) groups is 2. The number of amides is 1. The fraction of sp³-hybridized carbons (Fsp3) is 0.207. The number of benzene rings is 2. The van der Waals surface area contributed by atoms with Crippen LogP contribution in [-0.2, 0) is 17.8 Å². The van der Waals surface area contributed by atoms with Crippen LogP contribution in [0.3, 0.4) is 0 Å². The van der Waals surface area contributed by atoms with Gasteiger partial charge in [0.1, 0.15) is 23.4 Å². The van der Waals surface area contributed by atoms with Crippen LogP contribution in [0.15, 0.2) is 71.5 Å². The van der Waals surface area contributed by atoms with Crippen LogP contribution in [0.5, 0.6) is 0 Å². The summed E-state index contributed by atoms with van der Waals surface area (Å²) < 4.78 is 19.3. The molecule has 0 aliphatic rings. The molecule has 2 aromatic carbocycles. The number of nitrogens with zero attached hydrogens (tertiary/aromatic N) is 1. The van der Waals surface area contributed by atoms with Gasteiger partial charge in [-0.2, -0.15) is 0 Å². The molecular formula is C29H28FN3O4. The first-order valence-corrected chi connectivity index (χ1v) is 11.8. The number of carboxylic acid groups (broad SMARTS) is 1. The van der Waals surface area contributed by atoms with Crippen molar-refractivity contribution in [2.75, 3.05) is 5.32 Å². The number of aliphatic carboxylic acids is 1. The van der Waals surface area contributed by atoms with Gasteiger partial charge in [0.2, 0.25) is 0 Å². The Labute approximate surface area is 214 Å². The maximum absolute atomic E-state index is 13.6. The largest absolute Gasteiger partial charge is 0.480 e. The first-order chi connectivity index (χ1) is 17.7. The summed E-state index contributed by atoms with van der Waals surface area (Å²) in [4.78, 5) is 28.9. The van der Waals surface area contributed by atoms with Crippen LogP contribution >= 0.6 is 0 Å². The molecule has 0 unspecified atom stereocenters. The van der Waals surface area contributed by atoms with E-state index in [-0.39, 0.29) is 12.0 Å². The lowest BCUT2D eigenvalue weighted by atomic mass is 10.00. The van der Waals surface area contributed by atoms with Crippen molar-refractivity contribution in [3.05, 3.63) is 106 Å². The number of aryl methyl sites for hydroxylation is 3. The highest BCUT2D eigenvalue weighted by atomic mass is 19.1. The maximum Gasteiger partial charge on any atom is 0.326 e. The monoisotopic (exact) mass is 501 g/mol. The second-order valence-corrected chi connectivity index (χ2v) is 9.07. The molecule has 1 amide bonds. The van der Waals surface area contributed by atoms with Crippen LogP contribution in [0.4, 0.5) is 10.2 Å². The van der Waals surface area contributed by atoms with Crippen LogP contribution in [0.25, 0.3) is 11.3 Å². The summed E-state index contributed by atoms with van der Waals surface area (Å²) in [5.41, 5.74) is 4.85. The second-order valence-electron chi connectivity index (χ2n) is 9.07. The fourth-order valence-corrected chi connectivity index (χ4v) is 4.19. The predicted molar refractivity (Wildman–Crippen MR) is 139 cm³/mol. The van der Waals surface area contributed by atoms with E-state index >= 15 is 0 Å². The lowest BCUT2D eigenvalue weighted by molar-refractivity contribution is -0.139. The standard InChI is InChI=1S/C29H28FN3O4/c1-17-8-9-31-26(10-17)32-15-21-14-25(37-16-21)22-6-4-20(5-7-22)13-24(29(35)36)33-28(34)27-18(2)11-23(30)12-19(27)3/h4-12,14,16,24H,13,15H2,1-3H3,(H,31,32)(H,33,34)(H,35,36)/t24-/m0/s1. The predicted octanol–water partition coefficient (Wildman–Crippen LogP) is 5.44. The number of hydrogen-bond donors (Lipinski definition) is 3. The number of halogens is 1. The van der Waals surface area contributed by atoms with E-state index in [1.54, 1.807) is 26.3 Å². The Morgan fingerprint density at radius 3 is 2.35 bits per heavy atom. The molecule has 0 spiro atoms. The van der Waals surface area contributed by atoms with E-state index in [2.05, 4.69) is 15.6 Å². The van der Waals surface area contributed by atoms with Crippen molar-refractivity contribution in [3.8, 4) is 11.3 Å². The number of nitrogens with one attached hydrogen (secondary N) is 2. The van der Waals surface area contributed by atoms with Crippen LogP contribution < -0.4 is 10.6 Å². The molecule has 4 rings (SSSR count). The number of hydrogen-bond acceptors (Lipinski definition) is 5. The molecule has 0 radical (unpaired) electrons. The van der Waals surface area contributed by atoms with E-state index in [1.807, 2.05) is 49.4 Å². The number of furan rings is 1. The molecule has 0 bridgehead atoms. The van der Waals surface area contributed by atoms with Gasteiger partial charge in [-0.05, 0) is 73.4 Å². The van der Waals surface area contributed by atoms with Crippen LogP contribution in [0.2, 0.25) is 0 Å². The molecule has 190 valence electrons. The van der Waals surface area contributed by atoms with Crippen molar-refractivity contribution < 1.29 is 23.5 Å². The number of aromatic nitrogens is 1. The number of carbonyl (C=O) groups excluding carboxylic acids is 1. The van der Waals surface area contributed by atoms with Gasteiger partial charge in [0.15, 0.2) is 0 Å². The van der Waals surface area contributed by atoms with Crippen molar-refractivity contribution >= 4 is 17.7 Å². The molecule has 4 aromatic rings. The minimum Gasteiger partial charge on any atom is -0.480 e. The summed E-state index contributed by atoms with van der Waals surface area (Å²) in [6.45, 7) is 5.81. The highest BCUT2D eigenvalue weighted by Gasteiger charge is 2.23. The summed E-state index contributed by atoms with van der Waals surface area (Å²) in [6.07, 6.45) is 3.53. The fourth-order valence-electron chi connectivity index (χ4n) is 4.19. The molecule has 0 saturated heterocycles. The third kappa shape index (κ3) is 6.41. The van der Waals surface area contributed by atoms with Crippen molar-refractivity contribution in [1.82, 2.24) is 10.3 Å². The Morgan fingerprint density at radius 2 is 1.70 bits per heavy atom. The minimum absolute atomic E-state index is 0.0947. The van der Waals surface area contributed by atoms with Gasteiger partial charge in [0, 0.05) is 35.9 Å². The zero-order valence-corrected chi connectivity index (χ0v) is 20.8. The number of pyridine rings is 1. The second kappa shape index (κ2) is 11.1. The van der Waals surface area contributed by atoms with E-state index in [1.165, 1.54) is 12.1 Å². The summed E-state index contributed by atoms with van der Waals surface area (Å²) in [5.74, 6) is -0.662. The normalized spacial score (nSPS) is 11.7. The van der Waals surface area contributed by atoms with E-state index in [0.717, 1.165) is 28.1 Å². The quantitative estimate of drug-likeness (QED) is 0.282. The van der Waals surface area contributed by atoms with Crippen LogP contribution in [0, 0.1) is 26.6 Å². The first-order valence-electron chi connectivity index (χ1n) is 11.8. The summed E-state index contributed by atoms with van der Waals surface area (Å²) in [7, 11) is 0. The molecular weight excluding hydrogens is 473 g/mol. The lowest BCUT2D eigenvalue weighted by Crippen LogP contribution is -2.42. The molecule has 8 heteroatoms. The number of carboxylic acids is 1. The molecule has 1 atom stereocenters. The van der Waals surface area contributed by atoms with Gasteiger partial charge in [0.25, 0.3) is 5.91 Å². The van der Waals surface area contributed by atoms with Crippen molar-refractivity contribution in [3.63, 3.8) is 0 Å². The zero-order chi connectivity index (χ0) is 26.5. The smallest absolute Gasteiger partial charge is 0.326 e. The molecule has 2 heterocycles. The van der Waals surface area contributed by atoms with Crippen molar-refractivity contribution in [1.29, 1.82) is 0 Å². The lowest BCUT2D eigenvalue weighted by Gasteiger charge is -2.17.